The lowest BCUT2D eigenvalue weighted by molar-refractivity contribution is -0.178. The zero-order valence-corrected chi connectivity index (χ0v) is 18.8. The molecule has 6 heteroatoms. The molecule has 5 aliphatic rings. The highest BCUT2D eigenvalue weighted by Gasteiger charge is 2.63. The highest BCUT2D eigenvalue weighted by Crippen LogP contribution is 2.67. The number of ketones is 1. The smallest absolute Gasteiger partial charge is 0.157 e. The van der Waals surface area contributed by atoms with Crippen LogP contribution in [-0.4, -0.2) is 51.8 Å². The molecule has 0 aromatic carbocycles. The Morgan fingerprint density at radius 3 is 2.63 bits per heavy atom. The second kappa shape index (κ2) is 7.21. The first kappa shape index (κ1) is 20.8. The Morgan fingerprint density at radius 2 is 1.90 bits per heavy atom. The van der Waals surface area contributed by atoms with E-state index < -0.39 is 0 Å². The summed E-state index contributed by atoms with van der Waals surface area (Å²) in [6.45, 7) is 5.08. The van der Waals surface area contributed by atoms with Gasteiger partial charge >= 0.3 is 0 Å². The molecule has 9 atom stereocenters. The number of rotatable bonds is 3. The van der Waals surface area contributed by atoms with E-state index in [1.807, 2.05) is 29.5 Å². The van der Waals surface area contributed by atoms with Gasteiger partial charge in [0.1, 0.15) is 0 Å². The number of fused-ring (bicyclic) bond motifs is 5. The molecule has 1 aliphatic heterocycles. The van der Waals surface area contributed by atoms with Crippen molar-refractivity contribution >= 4 is 5.78 Å². The van der Waals surface area contributed by atoms with Gasteiger partial charge in [0.05, 0.1) is 18.8 Å². The van der Waals surface area contributed by atoms with Crippen molar-refractivity contribution in [2.75, 3.05) is 13.6 Å². The molecule has 4 fully saturated rings. The van der Waals surface area contributed by atoms with Crippen molar-refractivity contribution in [3.05, 3.63) is 12.4 Å². The van der Waals surface area contributed by atoms with E-state index in [4.69, 9.17) is 0 Å². The number of hydrogen-bond donors (Lipinski definition) is 3. The Balaban J connectivity index is 1.36. The second-order valence-electron chi connectivity index (χ2n) is 11.5. The maximum Gasteiger partial charge on any atom is 0.157 e. The summed E-state index contributed by atoms with van der Waals surface area (Å²) in [6.07, 6.45) is 11.3. The Morgan fingerprint density at radius 1 is 1.10 bits per heavy atom. The van der Waals surface area contributed by atoms with Crippen molar-refractivity contribution in [1.29, 1.82) is 0 Å². The molecule has 0 unspecified atom stereocenters. The third kappa shape index (κ3) is 3.05. The van der Waals surface area contributed by atoms with Crippen molar-refractivity contribution in [1.82, 2.24) is 15.6 Å². The first-order valence-corrected chi connectivity index (χ1v) is 12.1. The number of nitrogens with one attached hydrogen (secondary N) is 1. The van der Waals surface area contributed by atoms with Crippen molar-refractivity contribution in [3.63, 3.8) is 0 Å². The van der Waals surface area contributed by atoms with E-state index in [1.54, 1.807) is 0 Å². The van der Waals surface area contributed by atoms with Gasteiger partial charge in [-0.05, 0) is 85.9 Å². The van der Waals surface area contributed by atoms with E-state index >= 15 is 0 Å². The quantitative estimate of drug-likeness (QED) is 0.656. The Labute approximate surface area is 180 Å². The normalized spacial score (nSPS) is 50.2. The fourth-order valence-electron chi connectivity index (χ4n) is 8.71. The molecule has 0 aromatic rings. The van der Waals surface area contributed by atoms with Crippen LogP contribution in [0.1, 0.15) is 65.2 Å². The maximum atomic E-state index is 13.3. The predicted molar refractivity (Wildman–Crippen MR) is 114 cm³/mol. The molecule has 1 heterocycles. The standard InChI is InChI=1S/C24H39N3O3/c1-23-9-8-16(28)12-15(23)4-5-17-18-6-7-19(24(18,2)13-20(29)22(17)23)21(30)14-27-11-10-26(3)25-27/h10-11,15-20,22,25,28-29H,4-9,12-14H2,1-3H3/t15-,16+,17-,18-,19+,20-,22+,23-,24-/m0/s1. The molecule has 6 nitrogen and oxygen atoms in total. The number of hydrazine groups is 2. The lowest BCUT2D eigenvalue weighted by Gasteiger charge is -2.62. The van der Waals surface area contributed by atoms with Crippen molar-refractivity contribution in [2.24, 2.45) is 40.4 Å². The molecule has 4 aliphatic carbocycles. The first-order chi connectivity index (χ1) is 14.2. The van der Waals surface area contributed by atoms with Crippen molar-refractivity contribution < 1.29 is 15.0 Å². The van der Waals surface area contributed by atoms with Gasteiger partial charge in [-0.1, -0.05) is 13.8 Å². The summed E-state index contributed by atoms with van der Waals surface area (Å²) in [5.41, 5.74) is 3.20. The lowest BCUT2D eigenvalue weighted by atomic mass is 9.44. The number of aliphatic hydroxyl groups excluding tert-OH is 2. The van der Waals surface area contributed by atoms with Crippen LogP contribution < -0.4 is 5.53 Å². The minimum absolute atomic E-state index is 0.0397. The van der Waals surface area contributed by atoms with Crippen LogP contribution in [0.25, 0.3) is 0 Å². The van der Waals surface area contributed by atoms with E-state index in [0.29, 0.717) is 36.0 Å². The van der Waals surface area contributed by atoms with Crippen LogP contribution in [0.4, 0.5) is 0 Å². The summed E-state index contributed by atoms with van der Waals surface area (Å²) >= 11 is 0. The molecule has 0 spiro atoms. The summed E-state index contributed by atoms with van der Waals surface area (Å²) < 4.78 is 0. The lowest BCUT2D eigenvalue weighted by Crippen LogP contribution is -2.59. The number of nitrogens with zero attached hydrogens (tertiary/aromatic N) is 2. The van der Waals surface area contributed by atoms with Gasteiger partial charge in [0.2, 0.25) is 0 Å². The molecule has 30 heavy (non-hydrogen) atoms. The predicted octanol–water partition coefficient (Wildman–Crippen LogP) is 2.68. The Hall–Kier alpha value is -1.11. The molecule has 0 bridgehead atoms. The van der Waals surface area contributed by atoms with E-state index in [9.17, 15) is 15.0 Å². The van der Waals surface area contributed by atoms with Crippen molar-refractivity contribution in [3.8, 4) is 0 Å². The summed E-state index contributed by atoms with van der Waals surface area (Å²) in [4.78, 5) is 13.3. The monoisotopic (exact) mass is 417 g/mol. The van der Waals surface area contributed by atoms with Gasteiger partial charge in [0, 0.05) is 25.4 Å². The van der Waals surface area contributed by atoms with Crippen LogP contribution in [0, 0.1) is 40.4 Å². The van der Waals surface area contributed by atoms with Gasteiger partial charge in [-0.3, -0.25) is 14.8 Å². The second-order valence-corrected chi connectivity index (χ2v) is 11.5. The Bertz CT molecular complexity index is 728. The number of carbonyl (C=O) groups excluding carboxylic acids is 1. The molecule has 3 N–H and O–H groups in total. The van der Waals surface area contributed by atoms with Crippen LogP contribution in [0.3, 0.4) is 0 Å². The van der Waals surface area contributed by atoms with E-state index in [0.717, 1.165) is 44.9 Å². The number of Topliss-reactive ketones (excluding diaryl/α,β-unsaturated/α-hetero) is 1. The van der Waals surface area contributed by atoms with Gasteiger partial charge in [-0.2, -0.15) is 0 Å². The molecule has 0 amide bonds. The van der Waals surface area contributed by atoms with Gasteiger partial charge < -0.3 is 10.2 Å². The molecule has 5 rings (SSSR count). The highest BCUT2D eigenvalue weighted by molar-refractivity contribution is 5.84. The average molecular weight is 418 g/mol. The SMILES string of the molecule is CN1C=CN(CC(=O)[C@H]2CC[C@H]3[C@@H]4CC[C@H]5C[C@H](O)CC[C@]5(C)[C@H]4[C@@H](O)C[C@]23C)N1. The van der Waals surface area contributed by atoms with Crippen LogP contribution in [0.2, 0.25) is 0 Å². The fourth-order valence-corrected chi connectivity index (χ4v) is 8.71. The van der Waals surface area contributed by atoms with Gasteiger partial charge in [0.15, 0.2) is 5.78 Å². The van der Waals surface area contributed by atoms with Crippen LogP contribution >= 0.6 is 0 Å². The molecular formula is C24H39N3O3. The molecule has 0 saturated heterocycles. The number of carbonyl (C=O) groups is 1. The molecule has 0 radical (unpaired) electrons. The summed E-state index contributed by atoms with van der Waals surface area (Å²) in [7, 11) is 1.92. The zero-order valence-electron chi connectivity index (χ0n) is 18.8. The van der Waals surface area contributed by atoms with Crippen molar-refractivity contribution in [2.45, 2.75) is 77.4 Å². The van der Waals surface area contributed by atoms with Gasteiger partial charge in [-0.25, -0.2) is 0 Å². The molecular weight excluding hydrogens is 378 g/mol. The molecule has 4 saturated carbocycles. The third-order valence-corrected chi connectivity index (χ3v) is 10.0. The largest absolute Gasteiger partial charge is 0.393 e. The number of aliphatic hydroxyl groups is 2. The highest BCUT2D eigenvalue weighted by atomic mass is 16.3. The van der Waals surface area contributed by atoms with Crippen LogP contribution in [0.15, 0.2) is 12.4 Å². The zero-order chi connectivity index (χ0) is 21.3. The minimum atomic E-state index is -0.330. The van der Waals surface area contributed by atoms with Gasteiger partial charge in [0.25, 0.3) is 0 Å². The summed E-state index contributed by atoms with van der Waals surface area (Å²) in [5.74, 6) is 2.26. The molecule has 168 valence electrons. The Kier molecular flexibility index (Phi) is 4.99. The van der Waals surface area contributed by atoms with E-state index in [2.05, 4.69) is 19.4 Å². The first-order valence-electron chi connectivity index (χ1n) is 12.1. The maximum absolute atomic E-state index is 13.3. The number of hydrogen-bond acceptors (Lipinski definition) is 6. The minimum Gasteiger partial charge on any atom is -0.393 e. The fraction of sp³-hybridized carbons (Fsp3) is 0.875. The molecule has 0 aromatic heterocycles. The summed E-state index contributed by atoms with van der Waals surface area (Å²) in [5, 5.41) is 25.4. The van der Waals surface area contributed by atoms with Gasteiger partial charge in [-0.15, -0.1) is 5.53 Å². The third-order valence-electron chi connectivity index (χ3n) is 10.0. The van der Waals surface area contributed by atoms with Crippen LogP contribution in [0.5, 0.6) is 0 Å². The average Bonchev–Trinajstić information content (AvgIpc) is 3.24. The van der Waals surface area contributed by atoms with Crippen LogP contribution in [-0.2, 0) is 4.79 Å². The van der Waals surface area contributed by atoms with E-state index in [1.165, 1.54) is 6.42 Å². The topological polar surface area (TPSA) is 76.0 Å². The summed E-state index contributed by atoms with van der Waals surface area (Å²) in [6, 6.07) is 0. The van der Waals surface area contributed by atoms with E-state index in [-0.39, 0.29) is 29.0 Å².